The molecule has 1 aliphatic rings. The van der Waals surface area contributed by atoms with E-state index >= 15 is 0 Å². The number of hydrogen-bond donors (Lipinski definition) is 3. The number of aliphatic carboxylic acids is 1. The summed E-state index contributed by atoms with van der Waals surface area (Å²) in [4.78, 5) is 25.2. The fraction of sp³-hybridized carbons (Fsp3) is 0.867. The van der Waals surface area contributed by atoms with Crippen LogP contribution in [0.25, 0.3) is 0 Å². The summed E-state index contributed by atoms with van der Waals surface area (Å²) in [5.41, 5.74) is 0. The van der Waals surface area contributed by atoms with Gasteiger partial charge < -0.3 is 20.4 Å². The summed E-state index contributed by atoms with van der Waals surface area (Å²) in [5, 5.41) is 20.8. The first-order valence-electron chi connectivity index (χ1n) is 7.83. The Balaban J connectivity index is 2.45. The van der Waals surface area contributed by atoms with Crippen LogP contribution in [0.2, 0.25) is 0 Å². The Morgan fingerprint density at radius 1 is 1.38 bits per heavy atom. The lowest BCUT2D eigenvalue weighted by Gasteiger charge is -2.26. The predicted octanol–water partition coefficient (Wildman–Crippen LogP) is 1.68. The summed E-state index contributed by atoms with van der Waals surface area (Å²) in [6, 6.07) is -0.00373. The zero-order valence-corrected chi connectivity index (χ0v) is 13.0. The van der Waals surface area contributed by atoms with E-state index < -0.39 is 11.9 Å². The third-order valence-electron chi connectivity index (χ3n) is 3.94. The van der Waals surface area contributed by atoms with Crippen LogP contribution in [-0.2, 0) is 4.79 Å². The quantitative estimate of drug-likeness (QED) is 0.636. The van der Waals surface area contributed by atoms with Gasteiger partial charge in [0.05, 0.1) is 5.92 Å². The van der Waals surface area contributed by atoms with Crippen LogP contribution >= 0.6 is 0 Å². The van der Waals surface area contributed by atoms with Crippen molar-refractivity contribution in [1.82, 2.24) is 10.2 Å². The van der Waals surface area contributed by atoms with Gasteiger partial charge in [-0.05, 0) is 38.0 Å². The van der Waals surface area contributed by atoms with Crippen LogP contribution in [0.3, 0.4) is 0 Å². The Morgan fingerprint density at radius 3 is 2.67 bits per heavy atom. The number of hydrogen-bond acceptors (Lipinski definition) is 3. The van der Waals surface area contributed by atoms with Gasteiger partial charge in [-0.2, -0.15) is 0 Å². The maximum Gasteiger partial charge on any atom is 0.317 e. The van der Waals surface area contributed by atoms with Gasteiger partial charge in [0.25, 0.3) is 0 Å². The van der Waals surface area contributed by atoms with Crippen LogP contribution < -0.4 is 5.32 Å². The number of nitrogens with one attached hydrogen (secondary N) is 1. The van der Waals surface area contributed by atoms with E-state index in [9.17, 15) is 14.7 Å². The molecule has 0 aromatic rings. The SMILES string of the molecule is CC(C)CC(CNC(=O)N1CCCC1CCCO)C(=O)O. The number of carbonyl (C=O) groups excluding carboxylic acids is 1. The summed E-state index contributed by atoms with van der Waals surface area (Å²) in [7, 11) is 0. The number of aliphatic hydroxyl groups is 1. The molecule has 0 radical (unpaired) electrons. The molecule has 21 heavy (non-hydrogen) atoms. The smallest absolute Gasteiger partial charge is 0.317 e. The van der Waals surface area contributed by atoms with Crippen LogP contribution in [0.15, 0.2) is 0 Å². The molecule has 0 aromatic carbocycles. The number of urea groups is 1. The van der Waals surface area contributed by atoms with E-state index in [0.717, 1.165) is 19.3 Å². The number of likely N-dealkylation sites (tertiary alicyclic amines) is 1. The minimum Gasteiger partial charge on any atom is -0.481 e. The summed E-state index contributed by atoms with van der Waals surface area (Å²) in [5.74, 6) is -1.11. The van der Waals surface area contributed by atoms with Gasteiger partial charge in [0, 0.05) is 25.7 Å². The molecule has 2 atom stereocenters. The third-order valence-corrected chi connectivity index (χ3v) is 3.94. The fourth-order valence-electron chi connectivity index (χ4n) is 2.88. The lowest BCUT2D eigenvalue weighted by Crippen LogP contribution is -2.45. The molecule has 0 spiro atoms. The second-order valence-electron chi connectivity index (χ2n) is 6.21. The van der Waals surface area contributed by atoms with Crippen molar-refractivity contribution in [2.75, 3.05) is 19.7 Å². The molecule has 0 aromatic heterocycles. The van der Waals surface area contributed by atoms with E-state index in [0.29, 0.717) is 19.4 Å². The van der Waals surface area contributed by atoms with E-state index in [-0.39, 0.29) is 31.1 Å². The molecule has 6 nitrogen and oxygen atoms in total. The van der Waals surface area contributed by atoms with Gasteiger partial charge in [0.2, 0.25) is 0 Å². The van der Waals surface area contributed by atoms with E-state index in [2.05, 4.69) is 5.32 Å². The lowest BCUT2D eigenvalue weighted by molar-refractivity contribution is -0.142. The van der Waals surface area contributed by atoms with Crippen molar-refractivity contribution < 1.29 is 19.8 Å². The molecule has 1 fully saturated rings. The largest absolute Gasteiger partial charge is 0.481 e. The first-order valence-corrected chi connectivity index (χ1v) is 7.83. The average Bonchev–Trinajstić information content (AvgIpc) is 2.88. The summed E-state index contributed by atoms with van der Waals surface area (Å²) in [6.45, 7) is 4.98. The van der Waals surface area contributed by atoms with E-state index in [4.69, 9.17) is 5.11 Å². The Hall–Kier alpha value is -1.30. The van der Waals surface area contributed by atoms with Crippen LogP contribution in [0.1, 0.15) is 46.0 Å². The molecule has 2 amide bonds. The average molecular weight is 300 g/mol. The highest BCUT2D eigenvalue weighted by molar-refractivity contribution is 5.76. The first-order chi connectivity index (χ1) is 9.95. The number of aliphatic hydroxyl groups excluding tert-OH is 1. The molecule has 1 aliphatic heterocycles. The van der Waals surface area contributed by atoms with Gasteiger partial charge >= 0.3 is 12.0 Å². The zero-order chi connectivity index (χ0) is 15.8. The highest BCUT2D eigenvalue weighted by Gasteiger charge is 2.29. The summed E-state index contributed by atoms with van der Waals surface area (Å²) >= 11 is 0. The molecular formula is C15H28N2O4. The molecule has 6 heteroatoms. The van der Waals surface area contributed by atoms with Crippen LogP contribution in [0.4, 0.5) is 4.79 Å². The van der Waals surface area contributed by atoms with E-state index in [1.165, 1.54) is 0 Å². The molecular weight excluding hydrogens is 272 g/mol. The monoisotopic (exact) mass is 300 g/mol. The molecule has 2 unspecified atom stereocenters. The van der Waals surface area contributed by atoms with Crippen molar-refractivity contribution in [2.45, 2.75) is 52.0 Å². The molecule has 1 rings (SSSR count). The second kappa shape index (κ2) is 8.87. The van der Waals surface area contributed by atoms with Crippen molar-refractivity contribution in [1.29, 1.82) is 0 Å². The Morgan fingerprint density at radius 2 is 2.10 bits per heavy atom. The van der Waals surface area contributed by atoms with Gasteiger partial charge in [-0.3, -0.25) is 4.79 Å². The fourth-order valence-corrected chi connectivity index (χ4v) is 2.88. The summed E-state index contributed by atoms with van der Waals surface area (Å²) < 4.78 is 0. The topological polar surface area (TPSA) is 89.9 Å². The van der Waals surface area contributed by atoms with Gasteiger partial charge in [-0.1, -0.05) is 13.8 Å². The van der Waals surface area contributed by atoms with Crippen molar-refractivity contribution in [2.24, 2.45) is 11.8 Å². The first kappa shape index (κ1) is 17.8. The Kier molecular flexibility index (Phi) is 7.50. The molecule has 122 valence electrons. The molecule has 3 N–H and O–H groups in total. The van der Waals surface area contributed by atoms with Crippen LogP contribution in [-0.4, -0.2) is 52.9 Å². The van der Waals surface area contributed by atoms with Crippen molar-refractivity contribution in [3.8, 4) is 0 Å². The molecule has 0 bridgehead atoms. The predicted molar refractivity (Wildman–Crippen MR) is 80.0 cm³/mol. The minimum atomic E-state index is -0.859. The van der Waals surface area contributed by atoms with Crippen molar-refractivity contribution in [3.63, 3.8) is 0 Å². The number of nitrogens with zero attached hydrogens (tertiary/aromatic N) is 1. The third kappa shape index (κ3) is 5.91. The molecule has 1 heterocycles. The Labute approximate surface area is 126 Å². The standard InChI is InChI=1S/C15H28N2O4/c1-11(2)9-12(14(19)20)10-16-15(21)17-7-3-5-13(17)6-4-8-18/h11-13,18H,3-10H2,1-2H3,(H,16,21)(H,19,20). The van der Waals surface area contributed by atoms with Gasteiger partial charge in [-0.15, -0.1) is 0 Å². The van der Waals surface area contributed by atoms with Crippen LogP contribution in [0, 0.1) is 11.8 Å². The lowest BCUT2D eigenvalue weighted by atomic mass is 9.97. The molecule has 0 saturated carbocycles. The number of rotatable bonds is 8. The van der Waals surface area contributed by atoms with Gasteiger partial charge in [-0.25, -0.2) is 4.79 Å². The van der Waals surface area contributed by atoms with Crippen molar-refractivity contribution in [3.05, 3.63) is 0 Å². The minimum absolute atomic E-state index is 0.140. The maximum absolute atomic E-state index is 12.2. The normalized spacial score (nSPS) is 19.8. The van der Waals surface area contributed by atoms with Crippen LogP contribution in [0.5, 0.6) is 0 Å². The molecule has 1 saturated heterocycles. The summed E-state index contributed by atoms with van der Waals surface area (Å²) in [6.07, 6.45) is 3.99. The Bertz CT molecular complexity index is 347. The highest BCUT2D eigenvalue weighted by Crippen LogP contribution is 2.21. The zero-order valence-electron chi connectivity index (χ0n) is 13.0. The number of carbonyl (C=O) groups is 2. The van der Waals surface area contributed by atoms with E-state index in [1.807, 2.05) is 13.8 Å². The number of carboxylic acid groups (broad SMARTS) is 1. The van der Waals surface area contributed by atoms with Crippen molar-refractivity contribution >= 4 is 12.0 Å². The highest BCUT2D eigenvalue weighted by atomic mass is 16.4. The number of amides is 2. The maximum atomic E-state index is 12.2. The molecule has 0 aliphatic carbocycles. The number of carboxylic acids is 1. The van der Waals surface area contributed by atoms with Gasteiger partial charge in [0.15, 0.2) is 0 Å². The second-order valence-corrected chi connectivity index (χ2v) is 6.21. The van der Waals surface area contributed by atoms with Gasteiger partial charge in [0.1, 0.15) is 0 Å². The van der Waals surface area contributed by atoms with E-state index in [1.54, 1.807) is 4.90 Å².